The second-order valence-electron chi connectivity index (χ2n) is 5.39. The third kappa shape index (κ3) is 2.54. The van der Waals surface area contributed by atoms with Crippen LogP contribution in [-0.2, 0) is 6.42 Å². The minimum atomic E-state index is 0.792. The van der Waals surface area contributed by atoms with Crippen LogP contribution in [0.25, 0.3) is 11.0 Å². The zero-order chi connectivity index (χ0) is 12.4. The number of nitrogens with one attached hydrogen (secondary N) is 1. The van der Waals surface area contributed by atoms with E-state index in [2.05, 4.69) is 16.0 Å². The van der Waals surface area contributed by atoms with Crippen molar-refractivity contribution in [2.24, 2.45) is 5.92 Å². The van der Waals surface area contributed by atoms with Gasteiger partial charge in [0.2, 0.25) is 0 Å². The van der Waals surface area contributed by atoms with Crippen molar-refractivity contribution in [1.82, 2.24) is 9.97 Å². The highest BCUT2D eigenvalue weighted by atomic mass is 35.5. The van der Waals surface area contributed by atoms with Gasteiger partial charge in [0.15, 0.2) is 0 Å². The van der Waals surface area contributed by atoms with Crippen LogP contribution in [0.4, 0.5) is 0 Å². The number of hydrogen-bond donors (Lipinski definition) is 1. The lowest BCUT2D eigenvalue weighted by Crippen LogP contribution is -2.07. The number of hydrogen-bond acceptors (Lipinski definition) is 1. The molecule has 0 atom stereocenters. The van der Waals surface area contributed by atoms with Crippen LogP contribution >= 0.6 is 11.6 Å². The first kappa shape index (κ1) is 12.0. The maximum absolute atomic E-state index is 6.16. The molecule has 1 aliphatic rings. The zero-order valence-electron chi connectivity index (χ0n) is 10.6. The Labute approximate surface area is 113 Å². The van der Waals surface area contributed by atoms with Gasteiger partial charge in [0.25, 0.3) is 0 Å². The second-order valence-corrected chi connectivity index (χ2v) is 5.80. The molecule has 0 saturated heterocycles. The molecule has 0 aliphatic heterocycles. The van der Waals surface area contributed by atoms with Crippen LogP contribution in [0.15, 0.2) is 18.3 Å². The molecule has 3 heteroatoms. The standard InChI is InChI=1S/C15H19ClN2/c16-14-8-9-17-15-13(14)10-12(18-15)7-6-11-4-2-1-3-5-11/h8-11H,1-7H2,(H,17,18). The van der Waals surface area contributed by atoms with Gasteiger partial charge >= 0.3 is 0 Å². The minimum absolute atomic E-state index is 0.792. The van der Waals surface area contributed by atoms with Crippen molar-refractivity contribution < 1.29 is 0 Å². The molecule has 0 radical (unpaired) electrons. The smallest absolute Gasteiger partial charge is 0.138 e. The predicted molar refractivity (Wildman–Crippen MR) is 76.0 cm³/mol. The molecule has 2 aromatic heterocycles. The first-order valence-electron chi connectivity index (χ1n) is 6.95. The summed E-state index contributed by atoms with van der Waals surface area (Å²) in [6, 6.07) is 4.01. The number of halogens is 1. The van der Waals surface area contributed by atoms with Gasteiger partial charge in [-0.2, -0.15) is 0 Å². The van der Waals surface area contributed by atoms with Gasteiger partial charge in [0.1, 0.15) is 5.65 Å². The molecule has 2 nitrogen and oxygen atoms in total. The minimum Gasteiger partial charge on any atom is -0.343 e. The topological polar surface area (TPSA) is 28.7 Å². The summed E-state index contributed by atoms with van der Waals surface area (Å²) in [6.45, 7) is 0. The third-order valence-electron chi connectivity index (χ3n) is 4.08. The summed E-state index contributed by atoms with van der Waals surface area (Å²) < 4.78 is 0. The van der Waals surface area contributed by atoms with E-state index < -0.39 is 0 Å². The largest absolute Gasteiger partial charge is 0.343 e. The highest BCUT2D eigenvalue weighted by molar-refractivity contribution is 6.35. The van der Waals surface area contributed by atoms with Gasteiger partial charge in [-0.1, -0.05) is 43.7 Å². The molecule has 3 rings (SSSR count). The Kier molecular flexibility index (Phi) is 3.55. The van der Waals surface area contributed by atoms with E-state index >= 15 is 0 Å². The molecule has 1 aliphatic carbocycles. The molecule has 1 N–H and O–H groups in total. The van der Waals surface area contributed by atoms with Crippen molar-refractivity contribution in [3.63, 3.8) is 0 Å². The Morgan fingerprint density at radius 1 is 1.28 bits per heavy atom. The number of pyridine rings is 1. The Balaban J connectivity index is 1.69. The highest BCUT2D eigenvalue weighted by Gasteiger charge is 2.14. The van der Waals surface area contributed by atoms with Gasteiger partial charge in [0.05, 0.1) is 5.02 Å². The molecule has 0 aromatic carbocycles. The molecule has 2 heterocycles. The highest BCUT2D eigenvalue weighted by Crippen LogP contribution is 2.28. The van der Waals surface area contributed by atoms with Crippen LogP contribution in [0.3, 0.4) is 0 Å². The maximum atomic E-state index is 6.16. The van der Waals surface area contributed by atoms with Crippen molar-refractivity contribution in [1.29, 1.82) is 0 Å². The first-order chi connectivity index (χ1) is 8.83. The van der Waals surface area contributed by atoms with E-state index in [9.17, 15) is 0 Å². The SMILES string of the molecule is Clc1ccnc2[nH]c(CCC3CCCCC3)cc12. The lowest BCUT2D eigenvalue weighted by atomic mass is 9.86. The van der Waals surface area contributed by atoms with Crippen LogP contribution < -0.4 is 0 Å². The van der Waals surface area contributed by atoms with Crippen LogP contribution in [0.5, 0.6) is 0 Å². The van der Waals surface area contributed by atoms with Crippen LogP contribution in [0, 0.1) is 5.92 Å². The average Bonchev–Trinajstić information content (AvgIpc) is 2.82. The van der Waals surface area contributed by atoms with E-state index in [0.29, 0.717) is 0 Å². The summed E-state index contributed by atoms with van der Waals surface area (Å²) in [5, 5.41) is 1.85. The molecular formula is C15H19ClN2. The fraction of sp³-hybridized carbons (Fsp3) is 0.533. The normalized spacial score (nSPS) is 17.4. The van der Waals surface area contributed by atoms with E-state index in [1.165, 1.54) is 44.2 Å². The summed E-state index contributed by atoms with van der Waals surface area (Å²) in [7, 11) is 0. The zero-order valence-corrected chi connectivity index (χ0v) is 11.3. The van der Waals surface area contributed by atoms with Gasteiger partial charge in [-0.3, -0.25) is 0 Å². The van der Waals surface area contributed by atoms with Gasteiger partial charge in [-0.05, 0) is 30.9 Å². The van der Waals surface area contributed by atoms with Crippen molar-refractivity contribution in [3.05, 3.63) is 29.0 Å². The number of rotatable bonds is 3. The number of aryl methyl sites for hydroxylation is 1. The van der Waals surface area contributed by atoms with E-state index in [-0.39, 0.29) is 0 Å². The van der Waals surface area contributed by atoms with E-state index in [0.717, 1.165) is 28.4 Å². The van der Waals surface area contributed by atoms with Crippen LogP contribution in [0.1, 0.15) is 44.2 Å². The predicted octanol–water partition coefficient (Wildman–Crippen LogP) is 4.73. The maximum Gasteiger partial charge on any atom is 0.138 e. The Bertz CT molecular complexity index is 526. The Morgan fingerprint density at radius 2 is 2.11 bits per heavy atom. The van der Waals surface area contributed by atoms with E-state index in [4.69, 9.17) is 11.6 Å². The quantitative estimate of drug-likeness (QED) is 0.851. The molecule has 1 saturated carbocycles. The van der Waals surface area contributed by atoms with Crippen molar-refractivity contribution in [3.8, 4) is 0 Å². The summed E-state index contributed by atoms with van der Waals surface area (Å²) in [5.74, 6) is 0.925. The summed E-state index contributed by atoms with van der Waals surface area (Å²) in [4.78, 5) is 7.70. The monoisotopic (exact) mass is 262 g/mol. The van der Waals surface area contributed by atoms with Crippen molar-refractivity contribution in [2.45, 2.75) is 44.9 Å². The fourth-order valence-electron chi connectivity index (χ4n) is 3.02. The molecule has 1 fully saturated rings. The van der Waals surface area contributed by atoms with Gasteiger partial charge in [-0.15, -0.1) is 0 Å². The number of H-pyrrole nitrogens is 1. The molecule has 0 bridgehead atoms. The molecular weight excluding hydrogens is 244 g/mol. The third-order valence-corrected chi connectivity index (χ3v) is 4.41. The second kappa shape index (κ2) is 5.31. The summed E-state index contributed by atoms with van der Waals surface area (Å²) >= 11 is 6.16. The number of fused-ring (bicyclic) bond motifs is 1. The van der Waals surface area contributed by atoms with Crippen molar-refractivity contribution in [2.75, 3.05) is 0 Å². The Hall–Kier alpha value is -1.02. The molecule has 2 aromatic rings. The fourth-order valence-corrected chi connectivity index (χ4v) is 3.22. The number of nitrogens with zero attached hydrogens (tertiary/aromatic N) is 1. The van der Waals surface area contributed by atoms with E-state index in [1.807, 2.05) is 6.07 Å². The Morgan fingerprint density at radius 3 is 2.89 bits per heavy atom. The average molecular weight is 263 g/mol. The molecule has 0 spiro atoms. The molecule has 0 amide bonds. The van der Waals surface area contributed by atoms with Gasteiger partial charge in [-0.25, -0.2) is 4.98 Å². The van der Waals surface area contributed by atoms with Gasteiger partial charge < -0.3 is 4.98 Å². The lowest BCUT2D eigenvalue weighted by Gasteiger charge is -2.20. The molecule has 0 unspecified atom stereocenters. The number of aromatic nitrogens is 2. The first-order valence-corrected chi connectivity index (χ1v) is 7.33. The summed E-state index contributed by atoms with van der Waals surface area (Å²) in [5.41, 5.74) is 2.19. The van der Waals surface area contributed by atoms with Crippen LogP contribution in [-0.4, -0.2) is 9.97 Å². The van der Waals surface area contributed by atoms with E-state index in [1.54, 1.807) is 6.20 Å². The summed E-state index contributed by atoms with van der Waals surface area (Å²) in [6.07, 6.45) is 11.3. The molecule has 18 heavy (non-hydrogen) atoms. The molecule has 96 valence electrons. The number of aromatic amines is 1. The van der Waals surface area contributed by atoms with Gasteiger partial charge in [0, 0.05) is 17.3 Å². The van der Waals surface area contributed by atoms with Crippen LogP contribution in [0.2, 0.25) is 5.02 Å². The lowest BCUT2D eigenvalue weighted by molar-refractivity contribution is 0.338. The van der Waals surface area contributed by atoms with Crippen molar-refractivity contribution >= 4 is 22.6 Å².